The quantitative estimate of drug-likeness (QED) is 0.747. The lowest BCUT2D eigenvalue weighted by atomic mass is 9.94. The first-order chi connectivity index (χ1) is 9.04. The summed E-state index contributed by atoms with van der Waals surface area (Å²) in [7, 11) is 1.59. The Balaban J connectivity index is 0.00000200. The van der Waals surface area contributed by atoms with Crippen molar-refractivity contribution in [1.29, 1.82) is 0 Å². The predicted octanol–water partition coefficient (Wildman–Crippen LogP) is 4.82. The zero-order chi connectivity index (χ0) is 14.0. The van der Waals surface area contributed by atoms with Gasteiger partial charge in [-0.2, -0.15) is 0 Å². The molecule has 0 heterocycles. The zero-order valence-electron chi connectivity index (χ0n) is 11.8. The Labute approximate surface area is 121 Å². The summed E-state index contributed by atoms with van der Waals surface area (Å²) in [4.78, 5) is 11.5. The second-order valence-electron chi connectivity index (χ2n) is 4.74. The molecule has 0 N–H and O–H groups in total. The van der Waals surface area contributed by atoms with Gasteiger partial charge >= 0.3 is 0 Å². The van der Waals surface area contributed by atoms with Gasteiger partial charge in [-0.05, 0) is 55.2 Å². The van der Waals surface area contributed by atoms with E-state index in [1.165, 1.54) is 16.7 Å². The highest BCUT2D eigenvalue weighted by molar-refractivity contribution is 5.97. The van der Waals surface area contributed by atoms with E-state index < -0.39 is 0 Å². The third-order valence-electron chi connectivity index (χ3n) is 3.35. The topological polar surface area (TPSA) is 26.3 Å². The Morgan fingerprint density at radius 1 is 1.05 bits per heavy atom. The molecule has 0 aromatic heterocycles. The summed E-state index contributed by atoms with van der Waals surface area (Å²) in [6, 6.07) is 12.0. The van der Waals surface area contributed by atoms with Gasteiger partial charge in [0.05, 0.1) is 12.7 Å². The maximum atomic E-state index is 11.5. The van der Waals surface area contributed by atoms with Crippen LogP contribution >= 0.6 is 0 Å². The van der Waals surface area contributed by atoms with Gasteiger partial charge in [0.15, 0.2) is 5.78 Å². The van der Waals surface area contributed by atoms with Crippen molar-refractivity contribution in [2.24, 2.45) is 0 Å². The molecule has 106 valence electrons. The minimum absolute atomic E-state index is 0. The smallest absolute Gasteiger partial charge is 0.163 e. The third-order valence-corrected chi connectivity index (χ3v) is 3.35. The van der Waals surface area contributed by atoms with Crippen LogP contribution in [0.3, 0.4) is 0 Å². The number of ketones is 1. The maximum Gasteiger partial charge on any atom is 0.163 e. The fraction of sp³-hybridized carbons (Fsp3) is 0.278. The van der Waals surface area contributed by atoms with Crippen molar-refractivity contribution < 1.29 is 9.53 Å². The van der Waals surface area contributed by atoms with Gasteiger partial charge in [0.25, 0.3) is 0 Å². The number of carbonyl (C=O) groups excluding carboxylic acids is 1. The molecule has 0 spiro atoms. The van der Waals surface area contributed by atoms with E-state index in [2.05, 4.69) is 32.0 Å². The summed E-state index contributed by atoms with van der Waals surface area (Å²) in [5.41, 5.74) is 5.35. The second-order valence-corrected chi connectivity index (χ2v) is 4.74. The molecule has 0 bridgehead atoms. The van der Waals surface area contributed by atoms with Crippen LogP contribution in [-0.2, 0) is 0 Å². The Morgan fingerprint density at radius 2 is 1.65 bits per heavy atom. The largest absolute Gasteiger partial charge is 0.496 e. The van der Waals surface area contributed by atoms with Crippen LogP contribution in [0.15, 0.2) is 36.4 Å². The number of methoxy groups -OCH3 is 1. The van der Waals surface area contributed by atoms with E-state index in [1.54, 1.807) is 14.0 Å². The molecule has 0 atom stereocenters. The fourth-order valence-electron chi connectivity index (χ4n) is 2.41. The minimum atomic E-state index is 0. The summed E-state index contributed by atoms with van der Waals surface area (Å²) < 4.78 is 5.33. The zero-order valence-corrected chi connectivity index (χ0v) is 11.8. The summed E-state index contributed by atoms with van der Waals surface area (Å²) in [6.45, 7) is 5.73. The van der Waals surface area contributed by atoms with Gasteiger partial charge in [-0.3, -0.25) is 4.79 Å². The molecular formula is C18H22O2. The summed E-state index contributed by atoms with van der Waals surface area (Å²) >= 11 is 0. The number of rotatable bonds is 3. The molecule has 0 radical (unpaired) electrons. The van der Waals surface area contributed by atoms with E-state index in [0.717, 1.165) is 5.56 Å². The van der Waals surface area contributed by atoms with E-state index in [4.69, 9.17) is 4.74 Å². The van der Waals surface area contributed by atoms with E-state index in [9.17, 15) is 4.79 Å². The first-order valence-corrected chi connectivity index (χ1v) is 6.30. The molecule has 2 rings (SSSR count). The van der Waals surface area contributed by atoms with Crippen LogP contribution < -0.4 is 4.74 Å². The van der Waals surface area contributed by atoms with Gasteiger partial charge in [0.2, 0.25) is 0 Å². The first-order valence-electron chi connectivity index (χ1n) is 6.30. The molecule has 0 aliphatic rings. The molecule has 0 amide bonds. The molecule has 0 unspecified atom stereocenters. The van der Waals surface area contributed by atoms with Gasteiger partial charge in [0.1, 0.15) is 5.75 Å². The second kappa shape index (κ2) is 6.38. The summed E-state index contributed by atoms with van der Waals surface area (Å²) in [6.07, 6.45) is 0. The lowest BCUT2D eigenvalue weighted by Gasteiger charge is -2.13. The van der Waals surface area contributed by atoms with E-state index in [1.807, 2.05) is 18.2 Å². The highest BCUT2D eigenvalue weighted by Gasteiger charge is 2.11. The summed E-state index contributed by atoms with van der Waals surface area (Å²) in [5.74, 6) is 0.651. The van der Waals surface area contributed by atoms with Crippen LogP contribution in [0.5, 0.6) is 5.75 Å². The lowest BCUT2D eigenvalue weighted by Crippen LogP contribution is -1.98. The SMILES string of the molecule is C.COc1cc(-c2c(C)cccc2C)ccc1C(C)=O. The van der Waals surface area contributed by atoms with Crippen LogP contribution in [0.2, 0.25) is 0 Å². The highest BCUT2D eigenvalue weighted by Crippen LogP contribution is 2.31. The van der Waals surface area contributed by atoms with Gasteiger partial charge in [0, 0.05) is 0 Å². The average molecular weight is 270 g/mol. The molecule has 2 aromatic carbocycles. The first kappa shape index (κ1) is 16.0. The van der Waals surface area contributed by atoms with E-state index >= 15 is 0 Å². The maximum absolute atomic E-state index is 11.5. The van der Waals surface area contributed by atoms with Crippen molar-refractivity contribution in [2.75, 3.05) is 7.11 Å². The van der Waals surface area contributed by atoms with Gasteiger partial charge < -0.3 is 4.74 Å². The Hall–Kier alpha value is -2.09. The number of ether oxygens (including phenoxy) is 1. The Kier molecular flexibility index (Phi) is 5.09. The van der Waals surface area contributed by atoms with Gasteiger partial charge in [-0.1, -0.05) is 31.7 Å². The van der Waals surface area contributed by atoms with E-state index in [-0.39, 0.29) is 13.2 Å². The predicted molar refractivity (Wildman–Crippen MR) is 84.6 cm³/mol. The van der Waals surface area contributed by atoms with Crippen molar-refractivity contribution in [3.05, 3.63) is 53.1 Å². The van der Waals surface area contributed by atoms with Gasteiger partial charge in [-0.15, -0.1) is 0 Å². The number of hydrogen-bond donors (Lipinski definition) is 0. The van der Waals surface area contributed by atoms with Crippen LogP contribution in [-0.4, -0.2) is 12.9 Å². The molecule has 0 saturated heterocycles. The standard InChI is InChI=1S/C17H18O2.CH4/c1-11-6-5-7-12(2)17(11)14-8-9-15(13(3)18)16(10-14)19-4;/h5-10H,1-4H3;1H4. The van der Waals surface area contributed by atoms with E-state index in [0.29, 0.717) is 11.3 Å². The molecule has 2 nitrogen and oxygen atoms in total. The number of carbonyl (C=O) groups is 1. The van der Waals surface area contributed by atoms with Crippen molar-refractivity contribution in [2.45, 2.75) is 28.2 Å². The number of aryl methyl sites for hydroxylation is 2. The van der Waals surface area contributed by atoms with Crippen molar-refractivity contribution in [3.8, 4) is 16.9 Å². The van der Waals surface area contributed by atoms with Crippen molar-refractivity contribution in [1.82, 2.24) is 0 Å². The fourth-order valence-corrected chi connectivity index (χ4v) is 2.41. The van der Waals surface area contributed by atoms with Crippen LogP contribution in [0, 0.1) is 13.8 Å². The van der Waals surface area contributed by atoms with Crippen LogP contribution in [0.4, 0.5) is 0 Å². The molecular weight excluding hydrogens is 248 g/mol. The normalized spacial score (nSPS) is 9.80. The molecule has 0 fully saturated rings. The number of hydrogen-bond acceptors (Lipinski definition) is 2. The van der Waals surface area contributed by atoms with Crippen molar-refractivity contribution >= 4 is 5.78 Å². The molecule has 0 saturated carbocycles. The van der Waals surface area contributed by atoms with Crippen LogP contribution in [0.25, 0.3) is 11.1 Å². The lowest BCUT2D eigenvalue weighted by molar-refractivity contribution is 0.101. The van der Waals surface area contributed by atoms with Crippen LogP contribution in [0.1, 0.15) is 35.8 Å². The van der Waals surface area contributed by atoms with Gasteiger partial charge in [-0.25, -0.2) is 0 Å². The Bertz CT molecular complexity index is 607. The average Bonchev–Trinajstić information content (AvgIpc) is 2.38. The number of benzene rings is 2. The molecule has 0 aliphatic carbocycles. The molecule has 2 heteroatoms. The summed E-state index contributed by atoms with van der Waals surface area (Å²) in [5, 5.41) is 0. The Morgan fingerprint density at radius 3 is 2.15 bits per heavy atom. The highest BCUT2D eigenvalue weighted by atomic mass is 16.5. The number of Topliss-reactive ketones (excluding diaryl/α,β-unsaturated/α-hetero) is 1. The monoisotopic (exact) mass is 270 g/mol. The van der Waals surface area contributed by atoms with Crippen molar-refractivity contribution in [3.63, 3.8) is 0 Å². The molecule has 0 aliphatic heterocycles. The molecule has 2 aromatic rings. The minimum Gasteiger partial charge on any atom is -0.496 e. The molecule has 20 heavy (non-hydrogen) atoms. The third kappa shape index (κ3) is 2.90.